The van der Waals surface area contributed by atoms with Gasteiger partial charge in [0.15, 0.2) is 5.75 Å². The molecule has 0 saturated carbocycles. The van der Waals surface area contributed by atoms with Crippen molar-refractivity contribution < 1.29 is 19.7 Å². The van der Waals surface area contributed by atoms with E-state index in [4.69, 9.17) is 21.4 Å². The summed E-state index contributed by atoms with van der Waals surface area (Å²) < 4.78 is 4.99. The number of rotatable bonds is 2. The lowest BCUT2D eigenvalue weighted by Crippen LogP contribution is -2.02. The molecule has 76 valence electrons. The van der Waals surface area contributed by atoms with Gasteiger partial charge in [0.25, 0.3) is 0 Å². The molecule has 4 nitrogen and oxygen atoms in total. The molecule has 0 fully saturated rings. The van der Waals surface area contributed by atoms with Crippen molar-refractivity contribution in [1.29, 1.82) is 0 Å². The van der Waals surface area contributed by atoms with Gasteiger partial charge in [0.1, 0.15) is 11.3 Å². The molecule has 0 saturated heterocycles. The van der Waals surface area contributed by atoms with Crippen LogP contribution in [0.5, 0.6) is 11.5 Å². The first-order chi connectivity index (χ1) is 6.49. The van der Waals surface area contributed by atoms with Crippen LogP contribution in [-0.2, 0) is 0 Å². The molecule has 0 amide bonds. The van der Waals surface area contributed by atoms with Crippen molar-refractivity contribution in [3.8, 4) is 11.5 Å². The first-order valence-electron chi connectivity index (χ1n) is 3.47. The van der Waals surface area contributed by atoms with Crippen molar-refractivity contribution in [2.45, 2.75) is 0 Å². The Morgan fingerprint density at radius 1 is 1.64 bits per heavy atom. The number of halogens is 2. The molecule has 0 unspecified atom stereocenters. The first-order valence-corrected chi connectivity index (χ1v) is 4.64. The van der Waals surface area contributed by atoms with Gasteiger partial charge < -0.3 is 14.9 Å². The summed E-state index contributed by atoms with van der Waals surface area (Å²) in [5, 5.41) is 18.4. The molecule has 2 N–H and O–H groups in total. The van der Waals surface area contributed by atoms with Crippen LogP contribution < -0.4 is 4.74 Å². The van der Waals surface area contributed by atoms with Gasteiger partial charge in [-0.2, -0.15) is 0 Å². The Morgan fingerprint density at radius 2 is 2.21 bits per heavy atom. The lowest BCUT2D eigenvalue weighted by molar-refractivity contribution is 0.0690. The summed E-state index contributed by atoms with van der Waals surface area (Å²) in [6, 6.07) is 1.36. The number of carboxylic acid groups (broad SMARTS) is 1. The molecule has 1 aromatic rings. The minimum atomic E-state index is -1.30. The summed E-state index contributed by atoms with van der Waals surface area (Å²) in [7, 11) is 1.28. The van der Waals surface area contributed by atoms with Crippen molar-refractivity contribution >= 4 is 33.5 Å². The fourth-order valence-corrected chi connectivity index (χ4v) is 1.83. The molecule has 6 heteroatoms. The first kappa shape index (κ1) is 11.1. The molecule has 0 atom stereocenters. The van der Waals surface area contributed by atoms with Crippen LogP contribution in [0.25, 0.3) is 0 Å². The van der Waals surface area contributed by atoms with Crippen molar-refractivity contribution in [1.82, 2.24) is 0 Å². The highest BCUT2D eigenvalue weighted by atomic mass is 79.9. The number of aromatic carboxylic acids is 1. The molecule has 1 aromatic carbocycles. The number of carboxylic acids is 1. The topological polar surface area (TPSA) is 66.8 Å². The lowest BCUT2D eigenvalue weighted by atomic mass is 10.2. The van der Waals surface area contributed by atoms with Gasteiger partial charge in [0, 0.05) is 0 Å². The highest BCUT2D eigenvalue weighted by molar-refractivity contribution is 9.10. The lowest BCUT2D eigenvalue weighted by Gasteiger charge is -2.09. The molecule has 0 aliphatic heterocycles. The van der Waals surface area contributed by atoms with Gasteiger partial charge in [-0.3, -0.25) is 0 Å². The largest absolute Gasteiger partial charge is 0.506 e. The van der Waals surface area contributed by atoms with Crippen LogP contribution >= 0.6 is 27.5 Å². The SMILES string of the molecule is COc1c(Cl)cc(Br)c(O)c1C(=O)O. The third-order valence-corrected chi connectivity index (χ3v) is 2.46. The second-order valence-corrected chi connectivity index (χ2v) is 3.66. The number of aromatic hydroxyl groups is 1. The molecule has 14 heavy (non-hydrogen) atoms. The van der Waals surface area contributed by atoms with Crippen molar-refractivity contribution in [2.75, 3.05) is 7.11 Å². The van der Waals surface area contributed by atoms with Crippen molar-refractivity contribution in [3.63, 3.8) is 0 Å². The van der Waals surface area contributed by atoms with Gasteiger partial charge in [-0.25, -0.2) is 4.79 Å². The molecule has 0 aromatic heterocycles. The van der Waals surface area contributed by atoms with E-state index in [1.54, 1.807) is 0 Å². The molecule has 1 rings (SSSR count). The fourth-order valence-electron chi connectivity index (χ4n) is 0.990. The normalized spacial score (nSPS) is 9.93. The predicted molar refractivity (Wildman–Crippen MR) is 54.3 cm³/mol. The van der Waals surface area contributed by atoms with Gasteiger partial charge in [-0.05, 0) is 22.0 Å². The van der Waals surface area contributed by atoms with Gasteiger partial charge >= 0.3 is 5.97 Å². The van der Waals surface area contributed by atoms with Gasteiger partial charge in [-0.1, -0.05) is 11.6 Å². The van der Waals surface area contributed by atoms with E-state index in [2.05, 4.69) is 15.9 Å². The Kier molecular flexibility index (Phi) is 3.23. The number of methoxy groups -OCH3 is 1. The van der Waals surface area contributed by atoms with Crippen LogP contribution in [0.15, 0.2) is 10.5 Å². The van der Waals surface area contributed by atoms with Crippen LogP contribution in [0, 0.1) is 0 Å². The Labute approximate surface area is 93.2 Å². The highest BCUT2D eigenvalue weighted by Crippen LogP contribution is 2.40. The predicted octanol–water partition coefficient (Wildman–Crippen LogP) is 2.51. The number of carbonyl (C=O) groups is 1. The van der Waals surface area contributed by atoms with E-state index < -0.39 is 11.7 Å². The van der Waals surface area contributed by atoms with Crippen LogP contribution in [-0.4, -0.2) is 23.3 Å². The van der Waals surface area contributed by atoms with Crippen LogP contribution in [0.4, 0.5) is 0 Å². The highest BCUT2D eigenvalue weighted by Gasteiger charge is 2.21. The number of hydrogen-bond donors (Lipinski definition) is 2. The number of ether oxygens (including phenoxy) is 1. The minimum absolute atomic E-state index is 0.0557. The Morgan fingerprint density at radius 3 is 2.64 bits per heavy atom. The summed E-state index contributed by atoms with van der Waals surface area (Å²) in [5.41, 5.74) is -0.355. The zero-order chi connectivity index (χ0) is 10.9. The monoisotopic (exact) mass is 280 g/mol. The van der Waals surface area contributed by atoms with E-state index in [9.17, 15) is 9.90 Å². The number of phenols is 1. The van der Waals surface area contributed by atoms with Gasteiger partial charge in [0.05, 0.1) is 16.6 Å². The summed E-state index contributed by atoms with van der Waals surface area (Å²) in [4.78, 5) is 10.8. The van der Waals surface area contributed by atoms with E-state index in [-0.39, 0.29) is 20.8 Å². The van der Waals surface area contributed by atoms with Gasteiger partial charge in [0.2, 0.25) is 0 Å². The molecule has 0 aliphatic rings. The Balaban J connectivity index is 3.56. The van der Waals surface area contributed by atoms with Gasteiger partial charge in [-0.15, -0.1) is 0 Å². The minimum Gasteiger partial charge on any atom is -0.506 e. The van der Waals surface area contributed by atoms with E-state index in [0.29, 0.717) is 0 Å². The average Bonchev–Trinajstić information content (AvgIpc) is 2.10. The molecule has 0 bridgehead atoms. The van der Waals surface area contributed by atoms with Crippen molar-refractivity contribution in [2.24, 2.45) is 0 Å². The summed E-state index contributed by atoms with van der Waals surface area (Å²) in [5.74, 6) is -1.76. The third-order valence-electron chi connectivity index (χ3n) is 1.58. The second kappa shape index (κ2) is 4.06. The maximum Gasteiger partial charge on any atom is 0.343 e. The fraction of sp³-hybridized carbons (Fsp3) is 0.125. The van der Waals surface area contributed by atoms with E-state index in [0.717, 1.165) is 0 Å². The van der Waals surface area contributed by atoms with Crippen LogP contribution in [0.1, 0.15) is 10.4 Å². The average molecular weight is 281 g/mol. The molecular weight excluding hydrogens is 275 g/mol. The smallest absolute Gasteiger partial charge is 0.343 e. The maximum atomic E-state index is 10.8. The quantitative estimate of drug-likeness (QED) is 0.874. The number of hydrogen-bond acceptors (Lipinski definition) is 3. The molecule has 0 radical (unpaired) electrons. The summed E-state index contributed by atoms with van der Waals surface area (Å²) in [6.07, 6.45) is 0. The Bertz CT molecular complexity index is 391. The van der Waals surface area contributed by atoms with Crippen molar-refractivity contribution in [3.05, 3.63) is 21.1 Å². The van der Waals surface area contributed by atoms with Crippen LogP contribution in [0.3, 0.4) is 0 Å². The standard InChI is InChI=1S/C8H6BrClO4/c1-14-7-4(10)2-3(9)6(11)5(7)8(12)13/h2,11H,1H3,(H,12,13). The van der Waals surface area contributed by atoms with E-state index >= 15 is 0 Å². The summed E-state index contributed by atoms with van der Waals surface area (Å²) in [6.45, 7) is 0. The molecule has 0 heterocycles. The summed E-state index contributed by atoms with van der Waals surface area (Å²) >= 11 is 8.70. The molecule has 0 aliphatic carbocycles. The zero-order valence-electron chi connectivity index (χ0n) is 7.04. The zero-order valence-corrected chi connectivity index (χ0v) is 9.39. The van der Waals surface area contributed by atoms with Crippen LogP contribution in [0.2, 0.25) is 5.02 Å². The van der Waals surface area contributed by atoms with E-state index in [1.165, 1.54) is 13.2 Å². The second-order valence-electron chi connectivity index (χ2n) is 2.40. The number of benzene rings is 1. The van der Waals surface area contributed by atoms with E-state index in [1.807, 2.05) is 0 Å². The Hall–Kier alpha value is -0.940. The maximum absolute atomic E-state index is 10.8. The molecular formula is C8H6BrClO4. The third kappa shape index (κ3) is 1.78. The molecule has 0 spiro atoms.